The summed E-state index contributed by atoms with van der Waals surface area (Å²) in [7, 11) is 2.77. The number of benzene rings is 1. The molecule has 2 aliphatic heterocycles. The molecule has 0 spiro atoms. The number of nitrogens with zero attached hydrogens (tertiary/aromatic N) is 1. The second kappa shape index (κ2) is 4.99. The van der Waals surface area contributed by atoms with Gasteiger partial charge in [0.1, 0.15) is 6.61 Å². The first-order valence-electron chi connectivity index (χ1n) is 6.49. The number of rotatable bonds is 3. The molecule has 2 saturated heterocycles. The van der Waals surface area contributed by atoms with Crippen molar-refractivity contribution in [3.63, 3.8) is 0 Å². The lowest BCUT2D eigenvalue weighted by molar-refractivity contribution is -0.150. The van der Waals surface area contributed by atoms with Gasteiger partial charge in [-0.05, 0) is 24.8 Å². The molecule has 0 N–H and O–H groups in total. The predicted molar refractivity (Wildman–Crippen MR) is 72.7 cm³/mol. The van der Waals surface area contributed by atoms with E-state index in [9.17, 15) is 4.79 Å². The van der Waals surface area contributed by atoms with Crippen molar-refractivity contribution in [3.8, 4) is 0 Å². The molecule has 2 fully saturated rings. The molecule has 96 valence electrons. The van der Waals surface area contributed by atoms with Crippen molar-refractivity contribution in [1.82, 2.24) is 4.67 Å². The van der Waals surface area contributed by atoms with Gasteiger partial charge in [0.05, 0.1) is 5.92 Å². The van der Waals surface area contributed by atoms with Crippen molar-refractivity contribution in [2.45, 2.75) is 38.0 Å². The molecule has 0 amide bonds. The quantitative estimate of drug-likeness (QED) is 0.619. The van der Waals surface area contributed by atoms with Gasteiger partial charge in [-0.25, -0.2) is 0 Å². The third-order valence-electron chi connectivity index (χ3n) is 4.12. The van der Waals surface area contributed by atoms with Crippen molar-refractivity contribution in [2.24, 2.45) is 5.92 Å². The Labute approximate surface area is 110 Å². The summed E-state index contributed by atoms with van der Waals surface area (Å²) in [5.74, 6) is 0.0449. The number of hydrogen-bond donors (Lipinski definition) is 0. The van der Waals surface area contributed by atoms with Gasteiger partial charge in [-0.15, -0.1) is 0 Å². The van der Waals surface area contributed by atoms with Crippen LogP contribution in [-0.4, -0.2) is 22.7 Å². The molecule has 0 aliphatic carbocycles. The number of fused-ring (bicyclic) bond motifs is 2. The fourth-order valence-corrected chi connectivity index (χ4v) is 3.75. The standard InChI is InChI=1S/C14H18NO2P/c16-14(17-9-10-4-2-1-3-5-10)12-8-11-6-7-13(12)15(11)18/h1-5,11-13H,6-9,18H2. The van der Waals surface area contributed by atoms with E-state index < -0.39 is 0 Å². The molecule has 3 rings (SSSR count). The van der Waals surface area contributed by atoms with Gasteiger partial charge >= 0.3 is 5.97 Å². The van der Waals surface area contributed by atoms with Crippen LogP contribution in [0.1, 0.15) is 24.8 Å². The van der Waals surface area contributed by atoms with Crippen LogP contribution in [0.3, 0.4) is 0 Å². The van der Waals surface area contributed by atoms with Crippen LogP contribution >= 0.6 is 9.39 Å². The summed E-state index contributed by atoms with van der Waals surface area (Å²) in [6.45, 7) is 0.393. The molecule has 4 heteroatoms. The molecule has 0 saturated carbocycles. The minimum absolute atomic E-state index is 0.0292. The molecule has 4 atom stereocenters. The van der Waals surface area contributed by atoms with Crippen LogP contribution in [0.25, 0.3) is 0 Å². The summed E-state index contributed by atoms with van der Waals surface area (Å²) in [5.41, 5.74) is 1.05. The third-order valence-corrected chi connectivity index (χ3v) is 4.92. The van der Waals surface area contributed by atoms with Crippen LogP contribution in [-0.2, 0) is 16.1 Å². The van der Waals surface area contributed by atoms with Crippen LogP contribution < -0.4 is 0 Å². The highest BCUT2D eigenvalue weighted by molar-refractivity contribution is 7.13. The van der Waals surface area contributed by atoms with E-state index >= 15 is 0 Å². The summed E-state index contributed by atoms with van der Waals surface area (Å²) in [4.78, 5) is 12.1. The summed E-state index contributed by atoms with van der Waals surface area (Å²) >= 11 is 0. The molecule has 0 aromatic heterocycles. The molecule has 18 heavy (non-hydrogen) atoms. The maximum Gasteiger partial charge on any atom is 0.310 e. The van der Waals surface area contributed by atoms with Crippen LogP contribution in [0, 0.1) is 5.92 Å². The SMILES string of the molecule is O=C(OCc1ccccc1)C1CC2CCC1N2P. The minimum Gasteiger partial charge on any atom is -0.461 e. The fourth-order valence-electron chi connectivity index (χ4n) is 3.12. The van der Waals surface area contributed by atoms with Crippen LogP contribution in [0.15, 0.2) is 30.3 Å². The molecule has 2 heterocycles. The van der Waals surface area contributed by atoms with Gasteiger partial charge in [-0.3, -0.25) is 9.46 Å². The van der Waals surface area contributed by atoms with Gasteiger partial charge < -0.3 is 4.74 Å². The lowest BCUT2D eigenvalue weighted by Gasteiger charge is -2.19. The normalized spacial score (nSPS) is 30.6. The first-order chi connectivity index (χ1) is 8.75. The maximum absolute atomic E-state index is 12.1. The number of hydrogen-bond acceptors (Lipinski definition) is 3. The van der Waals surface area contributed by atoms with Gasteiger partial charge in [0.15, 0.2) is 0 Å². The van der Waals surface area contributed by atoms with E-state index in [4.69, 9.17) is 4.74 Å². The number of carbonyl (C=O) groups excluding carboxylic acids is 1. The molecule has 3 nitrogen and oxygen atoms in total. The zero-order valence-electron chi connectivity index (χ0n) is 10.3. The third kappa shape index (κ3) is 2.17. The Morgan fingerprint density at radius 1 is 1.33 bits per heavy atom. The highest BCUT2D eigenvalue weighted by Crippen LogP contribution is 2.44. The Bertz CT molecular complexity index is 437. The monoisotopic (exact) mass is 263 g/mol. The molecule has 2 bridgehead atoms. The van der Waals surface area contributed by atoms with E-state index in [0.717, 1.165) is 18.4 Å². The summed E-state index contributed by atoms with van der Waals surface area (Å²) in [6, 6.07) is 10.8. The number of ether oxygens (including phenoxy) is 1. The van der Waals surface area contributed by atoms with Crippen molar-refractivity contribution < 1.29 is 9.53 Å². The van der Waals surface area contributed by atoms with E-state index in [0.29, 0.717) is 18.7 Å². The Balaban J connectivity index is 1.57. The molecule has 4 unspecified atom stereocenters. The Morgan fingerprint density at radius 3 is 2.72 bits per heavy atom. The van der Waals surface area contributed by atoms with Crippen molar-refractivity contribution in [3.05, 3.63) is 35.9 Å². The van der Waals surface area contributed by atoms with Gasteiger partial charge in [-0.2, -0.15) is 0 Å². The first kappa shape index (κ1) is 12.1. The zero-order chi connectivity index (χ0) is 12.5. The topological polar surface area (TPSA) is 29.5 Å². The van der Waals surface area contributed by atoms with Crippen LogP contribution in [0.4, 0.5) is 0 Å². The Kier molecular flexibility index (Phi) is 3.36. The van der Waals surface area contributed by atoms with E-state index in [1.807, 2.05) is 30.3 Å². The van der Waals surface area contributed by atoms with Gasteiger partial charge in [-0.1, -0.05) is 39.7 Å². The summed E-state index contributed by atoms with van der Waals surface area (Å²) < 4.78 is 7.71. The average molecular weight is 263 g/mol. The Hall–Kier alpha value is -0.920. The van der Waals surface area contributed by atoms with Gasteiger partial charge in [0.2, 0.25) is 0 Å². The predicted octanol–water partition coefficient (Wildman–Crippen LogP) is 2.37. The summed E-state index contributed by atoms with van der Waals surface area (Å²) in [5, 5.41) is 0. The molecule has 1 aromatic carbocycles. The molecule has 1 aromatic rings. The van der Waals surface area contributed by atoms with E-state index in [1.54, 1.807) is 0 Å². The molecular weight excluding hydrogens is 245 g/mol. The van der Waals surface area contributed by atoms with E-state index in [1.165, 1.54) is 6.42 Å². The fraction of sp³-hybridized carbons (Fsp3) is 0.500. The lowest BCUT2D eigenvalue weighted by Crippen LogP contribution is -2.29. The van der Waals surface area contributed by atoms with E-state index in [2.05, 4.69) is 14.1 Å². The van der Waals surface area contributed by atoms with Gasteiger partial charge in [0, 0.05) is 12.1 Å². The maximum atomic E-state index is 12.1. The van der Waals surface area contributed by atoms with Gasteiger partial charge in [0.25, 0.3) is 0 Å². The minimum atomic E-state index is -0.0292. The second-order valence-corrected chi connectivity index (χ2v) is 5.78. The van der Waals surface area contributed by atoms with Crippen LogP contribution in [0.5, 0.6) is 0 Å². The smallest absolute Gasteiger partial charge is 0.310 e. The zero-order valence-corrected chi connectivity index (χ0v) is 11.4. The molecular formula is C14H18NO2P. The van der Waals surface area contributed by atoms with Crippen molar-refractivity contribution in [2.75, 3.05) is 0 Å². The largest absolute Gasteiger partial charge is 0.461 e. The van der Waals surface area contributed by atoms with E-state index in [-0.39, 0.29) is 11.9 Å². The second-order valence-electron chi connectivity index (χ2n) is 5.18. The summed E-state index contributed by atoms with van der Waals surface area (Å²) in [6.07, 6.45) is 3.30. The average Bonchev–Trinajstić information content (AvgIpc) is 2.93. The molecule has 2 aliphatic rings. The highest BCUT2D eigenvalue weighted by atomic mass is 31.0. The number of esters is 1. The van der Waals surface area contributed by atoms with Crippen molar-refractivity contribution in [1.29, 1.82) is 0 Å². The first-order valence-corrected chi connectivity index (χ1v) is 7.01. The Morgan fingerprint density at radius 2 is 2.11 bits per heavy atom. The van der Waals surface area contributed by atoms with Crippen LogP contribution in [0.2, 0.25) is 0 Å². The molecule has 0 radical (unpaired) electrons. The highest BCUT2D eigenvalue weighted by Gasteiger charge is 2.48. The number of carbonyl (C=O) groups is 1. The lowest BCUT2D eigenvalue weighted by atomic mass is 9.89. The van der Waals surface area contributed by atoms with Crippen molar-refractivity contribution >= 4 is 15.4 Å².